The third kappa shape index (κ3) is 3.57. The second-order valence-corrected chi connectivity index (χ2v) is 7.88. The second-order valence-electron chi connectivity index (χ2n) is 7.88. The number of carbonyl (C=O) groups is 1. The van der Waals surface area contributed by atoms with Gasteiger partial charge in [-0.15, -0.1) is 0 Å². The lowest BCUT2D eigenvalue weighted by molar-refractivity contribution is -0.141. The summed E-state index contributed by atoms with van der Waals surface area (Å²) < 4.78 is 53.1. The van der Waals surface area contributed by atoms with Gasteiger partial charge in [-0.3, -0.25) is 4.79 Å². The Morgan fingerprint density at radius 3 is 2.59 bits per heavy atom. The van der Waals surface area contributed by atoms with Crippen LogP contribution in [0.25, 0.3) is 5.69 Å². The monoisotopic (exact) mass is 446 g/mol. The maximum Gasteiger partial charge on any atom is 0.433 e. The third-order valence-electron chi connectivity index (χ3n) is 5.98. The van der Waals surface area contributed by atoms with Crippen molar-refractivity contribution < 1.29 is 22.4 Å². The first kappa shape index (κ1) is 20.4. The van der Waals surface area contributed by atoms with Gasteiger partial charge in [0.1, 0.15) is 17.3 Å². The van der Waals surface area contributed by atoms with E-state index in [1.54, 1.807) is 15.9 Å². The van der Waals surface area contributed by atoms with Crippen LogP contribution in [0.3, 0.4) is 0 Å². The summed E-state index contributed by atoms with van der Waals surface area (Å²) in [4.78, 5) is 21.7. The lowest BCUT2D eigenvalue weighted by Crippen LogP contribution is -2.65. The van der Waals surface area contributed by atoms with Crippen molar-refractivity contribution in [1.29, 1.82) is 0 Å². The summed E-state index contributed by atoms with van der Waals surface area (Å²) in [5, 5.41) is 8.05. The maximum absolute atomic E-state index is 14.0. The van der Waals surface area contributed by atoms with Crippen molar-refractivity contribution in [3.63, 3.8) is 0 Å². The number of amides is 1. The zero-order chi connectivity index (χ0) is 22.5. The van der Waals surface area contributed by atoms with Crippen LogP contribution in [-0.4, -0.2) is 56.5 Å². The first-order chi connectivity index (χ1) is 15.3. The van der Waals surface area contributed by atoms with Crippen LogP contribution in [0.1, 0.15) is 22.5 Å². The normalized spacial score (nSPS) is 20.6. The standard InChI is InChI=1S/C21H18F4N6O/c22-14-4-5-16(31-26-7-8-27-31)15(10-14)20(32)29-9-6-13-11-30(17(13)12-29)19-3-1-2-18(28-19)21(23,24)25/h1-5,7-8,10,13,17H,6,9,11-12H2/t13-,17-/m0/s1. The van der Waals surface area contributed by atoms with Gasteiger partial charge in [0.2, 0.25) is 0 Å². The first-order valence-electron chi connectivity index (χ1n) is 10.1. The highest BCUT2D eigenvalue weighted by Crippen LogP contribution is 2.37. The molecule has 11 heteroatoms. The molecule has 2 aliphatic heterocycles. The van der Waals surface area contributed by atoms with Gasteiger partial charge in [-0.2, -0.15) is 28.2 Å². The molecule has 1 amide bonds. The molecule has 32 heavy (non-hydrogen) atoms. The summed E-state index contributed by atoms with van der Waals surface area (Å²) in [7, 11) is 0. The average Bonchev–Trinajstić information content (AvgIpc) is 3.28. The number of hydrogen-bond donors (Lipinski definition) is 0. The SMILES string of the molecule is O=C(c1cc(F)ccc1-n1nccn1)N1CC[C@H]2CN(c3cccc(C(F)(F)F)n3)[C@H]2C1. The van der Waals surface area contributed by atoms with Gasteiger partial charge in [0.25, 0.3) is 5.91 Å². The number of likely N-dealkylation sites (tertiary alicyclic amines) is 1. The van der Waals surface area contributed by atoms with Crippen LogP contribution in [0.15, 0.2) is 48.8 Å². The number of hydrogen-bond acceptors (Lipinski definition) is 5. The van der Waals surface area contributed by atoms with Crippen LogP contribution >= 0.6 is 0 Å². The van der Waals surface area contributed by atoms with Crippen molar-refractivity contribution in [3.05, 3.63) is 65.9 Å². The first-order valence-corrected chi connectivity index (χ1v) is 10.1. The Balaban J connectivity index is 1.38. The smallest absolute Gasteiger partial charge is 0.351 e. The van der Waals surface area contributed by atoms with Crippen molar-refractivity contribution in [2.75, 3.05) is 24.5 Å². The molecule has 4 heterocycles. The number of aromatic nitrogens is 4. The largest absolute Gasteiger partial charge is 0.433 e. The fourth-order valence-electron chi connectivity index (χ4n) is 4.35. The van der Waals surface area contributed by atoms with Crippen LogP contribution in [0.4, 0.5) is 23.4 Å². The third-order valence-corrected chi connectivity index (χ3v) is 5.98. The number of carbonyl (C=O) groups excluding carboxylic acids is 1. The van der Waals surface area contributed by atoms with E-state index in [-0.39, 0.29) is 29.2 Å². The summed E-state index contributed by atoms with van der Waals surface area (Å²) >= 11 is 0. The number of nitrogens with zero attached hydrogens (tertiary/aromatic N) is 6. The molecule has 7 nitrogen and oxygen atoms in total. The molecule has 2 atom stereocenters. The molecule has 5 rings (SSSR count). The van der Waals surface area contributed by atoms with Crippen molar-refractivity contribution in [3.8, 4) is 5.69 Å². The lowest BCUT2D eigenvalue weighted by atomic mass is 9.82. The van der Waals surface area contributed by atoms with E-state index in [1.807, 2.05) is 0 Å². The molecule has 166 valence electrons. The van der Waals surface area contributed by atoms with Gasteiger partial charge in [0.15, 0.2) is 0 Å². The Kier molecular flexibility index (Phi) is 4.83. The van der Waals surface area contributed by atoms with E-state index in [0.29, 0.717) is 31.7 Å². The zero-order valence-corrected chi connectivity index (χ0v) is 16.7. The van der Waals surface area contributed by atoms with Crippen LogP contribution in [0.5, 0.6) is 0 Å². The highest BCUT2D eigenvalue weighted by atomic mass is 19.4. The van der Waals surface area contributed by atoms with Gasteiger partial charge in [-0.1, -0.05) is 6.07 Å². The summed E-state index contributed by atoms with van der Waals surface area (Å²) in [6.45, 7) is 1.37. The number of benzene rings is 1. The number of fused-ring (bicyclic) bond motifs is 1. The van der Waals surface area contributed by atoms with E-state index >= 15 is 0 Å². The maximum atomic E-state index is 14.0. The minimum Gasteiger partial charge on any atom is -0.351 e. The molecule has 2 aliphatic rings. The number of piperidine rings is 1. The van der Waals surface area contributed by atoms with Crippen molar-refractivity contribution >= 4 is 11.7 Å². The zero-order valence-electron chi connectivity index (χ0n) is 16.7. The molecule has 2 fully saturated rings. The fourth-order valence-corrected chi connectivity index (χ4v) is 4.35. The van der Waals surface area contributed by atoms with Crippen LogP contribution in [-0.2, 0) is 6.18 Å². The number of alkyl halides is 3. The van der Waals surface area contributed by atoms with E-state index < -0.39 is 17.7 Å². The van der Waals surface area contributed by atoms with Crippen LogP contribution in [0.2, 0.25) is 0 Å². The van der Waals surface area contributed by atoms with Crippen molar-refractivity contribution in [2.45, 2.75) is 18.6 Å². The molecule has 0 spiro atoms. The number of halogens is 4. The van der Waals surface area contributed by atoms with Crippen LogP contribution < -0.4 is 4.90 Å². The molecule has 1 aromatic carbocycles. The number of anilines is 1. The fraction of sp³-hybridized carbons (Fsp3) is 0.333. The topological polar surface area (TPSA) is 67.2 Å². The molecule has 0 aliphatic carbocycles. The van der Waals surface area contributed by atoms with Crippen molar-refractivity contribution in [2.24, 2.45) is 5.92 Å². The summed E-state index contributed by atoms with van der Waals surface area (Å²) in [6, 6.07) is 7.49. The van der Waals surface area contributed by atoms with Gasteiger partial charge < -0.3 is 9.80 Å². The van der Waals surface area contributed by atoms with E-state index in [4.69, 9.17) is 0 Å². The molecule has 0 saturated carbocycles. The van der Waals surface area contributed by atoms with Gasteiger partial charge in [0.05, 0.1) is 29.7 Å². The molecule has 0 bridgehead atoms. The molecule has 3 aromatic rings. The molecule has 2 saturated heterocycles. The Bertz CT molecular complexity index is 1150. The van der Waals surface area contributed by atoms with E-state index in [1.165, 1.54) is 35.4 Å². The summed E-state index contributed by atoms with van der Waals surface area (Å²) in [5.41, 5.74) is -0.463. The predicted molar refractivity (Wildman–Crippen MR) is 106 cm³/mol. The minimum absolute atomic E-state index is 0.128. The minimum atomic E-state index is -4.52. The average molecular weight is 446 g/mol. The Hall–Kier alpha value is -3.50. The lowest BCUT2D eigenvalue weighted by Gasteiger charge is -2.54. The highest BCUT2D eigenvalue weighted by Gasteiger charge is 2.45. The summed E-state index contributed by atoms with van der Waals surface area (Å²) in [6.07, 6.45) is -0.908. The van der Waals surface area contributed by atoms with Crippen LogP contribution in [0, 0.1) is 11.7 Å². The Morgan fingerprint density at radius 2 is 1.84 bits per heavy atom. The predicted octanol–water partition coefficient (Wildman–Crippen LogP) is 3.17. The van der Waals surface area contributed by atoms with E-state index in [0.717, 1.165) is 12.1 Å². The van der Waals surface area contributed by atoms with E-state index in [9.17, 15) is 22.4 Å². The molecular weight excluding hydrogens is 428 g/mol. The van der Waals surface area contributed by atoms with Gasteiger partial charge in [-0.25, -0.2) is 9.37 Å². The van der Waals surface area contributed by atoms with E-state index in [2.05, 4.69) is 15.2 Å². The Morgan fingerprint density at radius 1 is 1.06 bits per heavy atom. The van der Waals surface area contributed by atoms with Gasteiger partial charge >= 0.3 is 6.18 Å². The highest BCUT2D eigenvalue weighted by molar-refractivity contribution is 5.98. The molecule has 0 N–H and O–H groups in total. The number of rotatable bonds is 3. The number of pyridine rings is 1. The van der Waals surface area contributed by atoms with Gasteiger partial charge in [-0.05, 0) is 36.8 Å². The second kappa shape index (κ2) is 7.57. The summed E-state index contributed by atoms with van der Waals surface area (Å²) in [5.74, 6) is -0.436. The molecule has 0 unspecified atom stereocenters. The van der Waals surface area contributed by atoms with Crippen molar-refractivity contribution in [1.82, 2.24) is 24.9 Å². The Labute approximate surface area is 180 Å². The molecule has 2 aromatic heterocycles. The quantitative estimate of drug-likeness (QED) is 0.579. The van der Waals surface area contributed by atoms with Gasteiger partial charge in [0, 0.05) is 25.6 Å². The molecule has 0 radical (unpaired) electrons. The molecular formula is C21H18F4N6O.